The third-order valence-electron chi connectivity index (χ3n) is 3.14. The van der Waals surface area contributed by atoms with Gasteiger partial charge in [-0.2, -0.15) is 0 Å². The van der Waals surface area contributed by atoms with Gasteiger partial charge in [-0.1, -0.05) is 19.9 Å². The molecule has 2 rings (SSSR count). The SMILES string of the molecule is CC1CC(C)CN(Cc2ccc(Br)nc2)C1. The van der Waals surface area contributed by atoms with Gasteiger partial charge in [-0.05, 0) is 45.8 Å². The van der Waals surface area contributed by atoms with E-state index in [0.29, 0.717) is 0 Å². The highest BCUT2D eigenvalue weighted by Gasteiger charge is 2.21. The van der Waals surface area contributed by atoms with Crippen molar-refractivity contribution in [1.29, 1.82) is 0 Å². The number of pyridine rings is 1. The summed E-state index contributed by atoms with van der Waals surface area (Å²) < 4.78 is 0.914. The van der Waals surface area contributed by atoms with E-state index >= 15 is 0 Å². The van der Waals surface area contributed by atoms with Crippen molar-refractivity contribution in [1.82, 2.24) is 9.88 Å². The number of rotatable bonds is 2. The summed E-state index contributed by atoms with van der Waals surface area (Å²) in [6.07, 6.45) is 3.34. The number of halogens is 1. The van der Waals surface area contributed by atoms with Gasteiger partial charge in [0.25, 0.3) is 0 Å². The highest BCUT2D eigenvalue weighted by Crippen LogP contribution is 2.22. The Morgan fingerprint density at radius 2 is 2.00 bits per heavy atom. The van der Waals surface area contributed by atoms with Crippen LogP contribution in [0, 0.1) is 11.8 Å². The van der Waals surface area contributed by atoms with Crippen LogP contribution in [0.25, 0.3) is 0 Å². The molecule has 1 fully saturated rings. The predicted molar refractivity (Wildman–Crippen MR) is 70.2 cm³/mol. The van der Waals surface area contributed by atoms with Crippen molar-refractivity contribution in [2.45, 2.75) is 26.8 Å². The second-order valence-electron chi connectivity index (χ2n) is 5.13. The van der Waals surface area contributed by atoms with E-state index in [1.807, 2.05) is 12.3 Å². The summed E-state index contributed by atoms with van der Waals surface area (Å²) >= 11 is 3.37. The van der Waals surface area contributed by atoms with E-state index in [1.165, 1.54) is 25.1 Å². The summed E-state index contributed by atoms with van der Waals surface area (Å²) in [6, 6.07) is 4.17. The van der Waals surface area contributed by atoms with Crippen LogP contribution in [-0.4, -0.2) is 23.0 Å². The number of aromatic nitrogens is 1. The Morgan fingerprint density at radius 1 is 1.31 bits per heavy atom. The Bertz CT molecular complexity index is 326. The van der Waals surface area contributed by atoms with Crippen molar-refractivity contribution in [2.75, 3.05) is 13.1 Å². The van der Waals surface area contributed by atoms with Crippen molar-refractivity contribution in [3.05, 3.63) is 28.5 Å². The zero-order chi connectivity index (χ0) is 11.5. The number of likely N-dealkylation sites (tertiary alicyclic amines) is 1. The van der Waals surface area contributed by atoms with Crippen LogP contribution in [0.5, 0.6) is 0 Å². The van der Waals surface area contributed by atoms with Gasteiger partial charge in [0.2, 0.25) is 0 Å². The van der Waals surface area contributed by atoms with Gasteiger partial charge in [-0.3, -0.25) is 4.90 Å². The first-order chi connectivity index (χ1) is 7.63. The minimum atomic E-state index is 0.826. The minimum Gasteiger partial charge on any atom is -0.298 e. The normalized spacial score (nSPS) is 26.9. The van der Waals surface area contributed by atoms with Crippen LogP contribution >= 0.6 is 15.9 Å². The lowest BCUT2D eigenvalue weighted by atomic mass is 9.92. The minimum absolute atomic E-state index is 0.826. The fourth-order valence-electron chi connectivity index (χ4n) is 2.68. The molecule has 3 heteroatoms. The molecule has 0 saturated carbocycles. The Labute approximate surface area is 106 Å². The van der Waals surface area contributed by atoms with Crippen molar-refractivity contribution in [3.63, 3.8) is 0 Å². The molecule has 1 aliphatic rings. The van der Waals surface area contributed by atoms with E-state index in [1.54, 1.807) is 0 Å². The molecule has 2 heterocycles. The van der Waals surface area contributed by atoms with Gasteiger partial charge in [-0.25, -0.2) is 4.98 Å². The lowest BCUT2D eigenvalue weighted by Gasteiger charge is -2.34. The second kappa shape index (κ2) is 5.28. The molecule has 16 heavy (non-hydrogen) atoms. The van der Waals surface area contributed by atoms with Gasteiger partial charge in [0.1, 0.15) is 4.60 Å². The molecule has 88 valence electrons. The van der Waals surface area contributed by atoms with Crippen LogP contribution in [0.1, 0.15) is 25.8 Å². The average Bonchev–Trinajstić information content (AvgIpc) is 2.20. The van der Waals surface area contributed by atoms with Crippen molar-refractivity contribution in [3.8, 4) is 0 Å². The first-order valence-corrected chi connectivity index (χ1v) is 6.75. The highest BCUT2D eigenvalue weighted by molar-refractivity contribution is 9.10. The zero-order valence-corrected chi connectivity index (χ0v) is 11.6. The maximum atomic E-state index is 4.27. The summed E-state index contributed by atoms with van der Waals surface area (Å²) in [5.41, 5.74) is 1.31. The smallest absolute Gasteiger partial charge is 0.106 e. The number of hydrogen-bond acceptors (Lipinski definition) is 2. The highest BCUT2D eigenvalue weighted by atomic mass is 79.9. The number of piperidine rings is 1. The molecule has 0 spiro atoms. The molecule has 0 bridgehead atoms. The topological polar surface area (TPSA) is 16.1 Å². The molecular formula is C13H19BrN2. The molecular weight excluding hydrogens is 264 g/mol. The Morgan fingerprint density at radius 3 is 2.56 bits per heavy atom. The molecule has 1 aromatic rings. The fourth-order valence-corrected chi connectivity index (χ4v) is 2.91. The fraction of sp³-hybridized carbons (Fsp3) is 0.615. The number of nitrogens with zero attached hydrogens (tertiary/aromatic N) is 2. The van der Waals surface area contributed by atoms with E-state index in [0.717, 1.165) is 23.0 Å². The van der Waals surface area contributed by atoms with Gasteiger partial charge in [0.05, 0.1) is 0 Å². The monoisotopic (exact) mass is 282 g/mol. The van der Waals surface area contributed by atoms with Crippen LogP contribution in [0.15, 0.2) is 22.9 Å². The zero-order valence-electron chi connectivity index (χ0n) is 9.99. The van der Waals surface area contributed by atoms with Crippen LogP contribution in [-0.2, 0) is 6.54 Å². The number of hydrogen-bond donors (Lipinski definition) is 0. The van der Waals surface area contributed by atoms with Crippen molar-refractivity contribution < 1.29 is 0 Å². The summed E-state index contributed by atoms with van der Waals surface area (Å²) in [4.78, 5) is 6.82. The maximum absolute atomic E-state index is 4.27. The Kier molecular flexibility index (Phi) is 3.98. The van der Waals surface area contributed by atoms with Gasteiger partial charge in [-0.15, -0.1) is 0 Å². The molecule has 0 amide bonds. The van der Waals surface area contributed by atoms with E-state index in [9.17, 15) is 0 Å². The summed E-state index contributed by atoms with van der Waals surface area (Å²) in [6.45, 7) is 8.18. The summed E-state index contributed by atoms with van der Waals surface area (Å²) in [7, 11) is 0. The molecule has 2 unspecified atom stereocenters. The van der Waals surface area contributed by atoms with E-state index < -0.39 is 0 Å². The molecule has 1 aromatic heterocycles. The molecule has 0 radical (unpaired) electrons. The maximum Gasteiger partial charge on any atom is 0.106 e. The second-order valence-corrected chi connectivity index (χ2v) is 5.94. The molecule has 0 aromatic carbocycles. The van der Waals surface area contributed by atoms with Crippen molar-refractivity contribution in [2.24, 2.45) is 11.8 Å². The van der Waals surface area contributed by atoms with E-state index in [4.69, 9.17) is 0 Å². The molecule has 1 aliphatic heterocycles. The van der Waals surface area contributed by atoms with Crippen molar-refractivity contribution >= 4 is 15.9 Å². The van der Waals surface area contributed by atoms with Crippen LogP contribution in [0.2, 0.25) is 0 Å². The third-order valence-corrected chi connectivity index (χ3v) is 3.61. The molecule has 0 N–H and O–H groups in total. The average molecular weight is 283 g/mol. The third kappa shape index (κ3) is 3.29. The van der Waals surface area contributed by atoms with Crippen LogP contribution < -0.4 is 0 Å². The van der Waals surface area contributed by atoms with Gasteiger partial charge >= 0.3 is 0 Å². The lowest BCUT2D eigenvalue weighted by molar-refractivity contribution is 0.134. The Balaban J connectivity index is 1.96. The quantitative estimate of drug-likeness (QED) is 0.774. The Hall–Kier alpha value is -0.410. The van der Waals surface area contributed by atoms with Gasteiger partial charge < -0.3 is 0 Å². The summed E-state index contributed by atoms with van der Waals surface area (Å²) in [5, 5.41) is 0. The standard InChI is InChI=1S/C13H19BrN2/c1-10-5-11(2)8-16(7-10)9-12-3-4-13(14)15-6-12/h3-4,6,10-11H,5,7-9H2,1-2H3. The van der Waals surface area contributed by atoms with Gasteiger partial charge in [0.15, 0.2) is 0 Å². The first kappa shape index (κ1) is 12.1. The lowest BCUT2D eigenvalue weighted by Crippen LogP contribution is -2.38. The molecule has 2 nitrogen and oxygen atoms in total. The largest absolute Gasteiger partial charge is 0.298 e. The molecule has 1 saturated heterocycles. The van der Waals surface area contributed by atoms with E-state index in [2.05, 4.69) is 45.7 Å². The van der Waals surface area contributed by atoms with Gasteiger partial charge in [0, 0.05) is 25.8 Å². The predicted octanol–water partition coefficient (Wildman–Crippen LogP) is 3.32. The molecule has 0 aliphatic carbocycles. The summed E-state index contributed by atoms with van der Waals surface area (Å²) in [5.74, 6) is 1.65. The first-order valence-electron chi connectivity index (χ1n) is 5.96. The van der Waals surface area contributed by atoms with Crippen LogP contribution in [0.4, 0.5) is 0 Å². The van der Waals surface area contributed by atoms with E-state index in [-0.39, 0.29) is 0 Å². The molecule has 2 atom stereocenters. The van der Waals surface area contributed by atoms with Crippen LogP contribution in [0.3, 0.4) is 0 Å².